The van der Waals surface area contributed by atoms with Crippen LogP contribution in [-0.2, 0) is 4.74 Å². The van der Waals surface area contributed by atoms with Gasteiger partial charge in [-0.05, 0) is 54.2 Å². The highest BCUT2D eigenvalue weighted by Gasteiger charge is 2.68. The average Bonchev–Trinajstić information content (AvgIpc) is 2.96. The molecule has 0 aromatic heterocycles. The lowest BCUT2D eigenvalue weighted by atomic mass is 9.60. The van der Waals surface area contributed by atoms with E-state index in [2.05, 4.69) is 13.8 Å². The molecule has 2 nitrogen and oxygen atoms in total. The molecule has 2 bridgehead atoms. The van der Waals surface area contributed by atoms with E-state index >= 15 is 0 Å². The fourth-order valence-corrected chi connectivity index (χ4v) is 5.44. The Balaban J connectivity index is 1.71. The maximum absolute atomic E-state index is 13.6. The van der Waals surface area contributed by atoms with Crippen LogP contribution in [0.15, 0.2) is 18.2 Å². The second-order valence-electron chi connectivity index (χ2n) is 7.92. The minimum absolute atomic E-state index is 0.0631. The zero-order valence-electron chi connectivity index (χ0n) is 13.0. The highest BCUT2D eigenvalue weighted by Crippen LogP contribution is 2.70. The van der Waals surface area contributed by atoms with Crippen LogP contribution in [0.2, 0.25) is 0 Å². The summed E-state index contributed by atoms with van der Waals surface area (Å²) in [5, 5.41) is 10.9. The number of aliphatic hydroxyl groups excluding tert-OH is 1. The third-order valence-corrected chi connectivity index (χ3v) is 6.71. The van der Waals surface area contributed by atoms with E-state index in [1.165, 1.54) is 12.1 Å². The molecule has 2 aliphatic carbocycles. The maximum Gasteiger partial charge on any atom is 0.159 e. The predicted octanol–water partition coefficient (Wildman–Crippen LogP) is 3.84. The van der Waals surface area contributed by atoms with Crippen molar-refractivity contribution in [3.05, 3.63) is 35.4 Å². The van der Waals surface area contributed by atoms with E-state index in [0.717, 1.165) is 19.3 Å². The van der Waals surface area contributed by atoms with Crippen LogP contribution in [0.3, 0.4) is 0 Å². The van der Waals surface area contributed by atoms with Gasteiger partial charge in [-0.3, -0.25) is 0 Å². The fourth-order valence-electron chi connectivity index (χ4n) is 5.44. The number of hydrogen-bond donors (Lipinski definition) is 1. The summed E-state index contributed by atoms with van der Waals surface area (Å²) >= 11 is 0. The van der Waals surface area contributed by atoms with Gasteiger partial charge in [0, 0.05) is 12.0 Å². The Morgan fingerprint density at radius 3 is 2.68 bits per heavy atom. The summed E-state index contributed by atoms with van der Waals surface area (Å²) in [6, 6.07) is 4.04. The van der Waals surface area contributed by atoms with Crippen molar-refractivity contribution in [1.29, 1.82) is 0 Å². The van der Waals surface area contributed by atoms with Gasteiger partial charge in [-0.2, -0.15) is 0 Å². The zero-order valence-corrected chi connectivity index (χ0v) is 13.0. The normalized spacial score (nSPS) is 42.4. The van der Waals surface area contributed by atoms with E-state index in [9.17, 15) is 13.9 Å². The number of benzene rings is 1. The second kappa shape index (κ2) is 4.51. The van der Waals surface area contributed by atoms with E-state index in [4.69, 9.17) is 4.74 Å². The molecule has 3 fully saturated rings. The van der Waals surface area contributed by atoms with Gasteiger partial charge < -0.3 is 9.84 Å². The van der Waals surface area contributed by atoms with E-state index < -0.39 is 11.6 Å². The molecule has 1 aromatic rings. The largest absolute Gasteiger partial charge is 0.392 e. The standard InChI is InChI=1S/C18H22F2O2/c1-17(2)11-8-12-15(10-3-4-13(19)14(20)7-10)22-6-5-18(12,9-11)16(17)21/h3-4,7,11-12,15-16,21H,5-6,8-9H2,1-2H3/t11-,12-,15-,16-,18?/m1/s1. The number of aliphatic hydroxyl groups is 1. The van der Waals surface area contributed by atoms with Crippen molar-refractivity contribution in [2.75, 3.05) is 6.61 Å². The number of hydrogen-bond acceptors (Lipinski definition) is 2. The molecule has 1 aromatic carbocycles. The smallest absolute Gasteiger partial charge is 0.159 e. The SMILES string of the molecule is CC1(C)[C@@H]2C[C@@H]3[C@@H](c4ccc(F)c(F)c4)OCCC3(C2)[C@@H]1O. The molecule has 4 rings (SSSR count). The molecule has 22 heavy (non-hydrogen) atoms. The maximum atomic E-state index is 13.6. The molecule has 1 aliphatic heterocycles. The number of ether oxygens (including phenoxy) is 1. The van der Waals surface area contributed by atoms with Crippen LogP contribution in [0.25, 0.3) is 0 Å². The number of rotatable bonds is 1. The average molecular weight is 308 g/mol. The molecule has 2 saturated carbocycles. The number of fused-ring (bicyclic) bond motifs is 1. The highest BCUT2D eigenvalue weighted by atomic mass is 19.2. The van der Waals surface area contributed by atoms with Crippen LogP contribution >= 0.6 is 0 Å². The topological polar surface area (TPSA) is 29.5 Å². The molecule has 1 unspecified atom stereocenters. The Bertz CT molecular complexity index is 615. The molecule has 0 radical (unpaired) electrons. The second-order valence-corrected chi connectivity index (χ2v) is 7.92. The molecule has 1 saturated heterocycles. The van der Waals surface area contributed by atoms with E-state index in [1.807, 2.05) is 0 Å². The lowest BCUT2D eigenvalue weighted by molar-refractivity contribution is -0.164. The van der Waals surface area contributed by atoms with Crippen LogP contribution in [0.1, 0.15) is 44.8 Å². The summed E-state index contributed by atoms with van der Waals surface area (Å²) in [7, 11) is 0. The molecule has 0 amide bonds. The molecular formula is C18H22F2O2. The van der Waals surface area contributed by atoms with Crippen molar-refractivity contribution in [3.63, 3.8) is 0 Å². The summed E-state index contributed by atoms with van der Waals surface area (Å²) in [6.07, 6.45) is 2.29. The van der Waals surface area contributed by atoms with Gasteiger partial charge in [-0.1, -0.05) is 19.9 Å². The monoisotopic (exact) mass is 308 g/mol. The van der Waals surface area contributed by atoms with Crippen molar-refractivity contribution in [2.24, 2.45) is 22.7 Å². The highest BCUT2D eigenvalue weighted by molar-refractivity contribution is 5.26. The Kier molecular flexibility index (Phi) is 2.99. The zero-order chi connectivity index (χ0) is 15.7. The van der Waals surface area contributed by atoms with Crippen LogP contribution in [-0.4, -0.2) is 17.8 Å². The van der Waals surface area contributed by atoms with Gasteiger partial charge in [0.1, 0.15) is 0 Å². The lowest BCUT2D eigenvalue weighted by Crippen LogP contribution is -2.51. The van der Waals surface area contributed by atoms with Crippen molar-refractivity contribution >= 4 is 0 Å². The molecule has 4 heteroatoms. The Morgan fingerprint density at radius 1 is 1.23 bits per heavy atom. The summed E-state index contributed by atoms with van der Waals surface area (Å²) < 4.78 is 32.7. The summed E-state index contributed by atoms with van der Waals surface area (Å²) in [6.45, 7) is 4.87. The van der Waals surface area contributed by atoms with Crippen LogP contribution < -0.4 is 0 Å². The molecule has 120 valence electrons. The van der Waals surface area contributed by atoms with Crippen LogP contribution in [0, 0.1) is 34.3 Å². The van der Waals surface area contributed by atoms with Crippen molar-refractivity contribution in [2.45, 2.75) is 45.3 Å². The van der Waals surface area contributed by atoms with Gasteiger partial charge >= 0.3 is 0 Å². The summed E-state index contributed by atoms with van der Waals surface area (Å²) in [5.41, 5.74) is 0.509. The van der Waals surface area contributed by atoms with Gasteiger partial charge in [-0.15, -0.1) is 0 Å². The minimum atomic E-state index is -0.830. The Hall–Kier alpha value is -1.00. The Labute approximate surface area is 129 Å². The molecule has 1 N–H and O–H groups in total. The Morgan fingerprint density at radius 2 is 2.00 bits per heavy atom. The third-order valence-electron chi connectivity index (χ3n) is 6.71. The van der Waals surface area contributed by atoms with E-state index in [0.29, 0.717) is 18.1 Å². The van der Waals surface area contributed by atoms with Crippen molar-refractivity contribution in [1.82, 2.24) is 0 Å². The lowest BCUT2D eigenvalue weighted by Gasteiger charge is -2.51. The van der Waals surface area contributed by atoms with Gasteiger partial charge in [0.05, 0.1) is 12.2 Å². The molecule has 1 spiro atoms. The van der Waals surface area contributed by atoms with Gasteiger partial charge in [0.2, 0.25) is 0 Å². The number of halogens is 2. The molecule has 5 atom stereocenters. The van der Waals surface area contributed by atoms with Crippen LogP contribution in [0.4, 0.5) is 8.78 Å². The quantitative estimate of drug-likeness (QED) is 0.854. The van der Waals surface area contributed by atoms with E-state index in [1.54, 1.807) is 6.07 Å². The first-order chi connectivity index (χ1) is 10.4. The third kappa shape index (κ3) is 1.71. The first kappa shape index (κ1) is 14.6. The van der Waals surface area contributed by atoms with Gasteiger partial charge in [-0.25, -0.2) is 8.78 Å². The van der Waals surface area contributed by atoms with Crippen molar-refractivity contribution < 1.29 is 18.6 Å². The van der Waals surface area contributed by atoms with Gasteiger partial charge in [0.25, 0.3) is 0 Å². The minimum Gasteiger partial charge on any atom is -0.392 e. The van der Waals surface area contributed by atoms with E-state index in [-0.39, 0.29) is 29.0 Å². The summed E-state index contributed by atoms with van der Waals surface area (Å²) in [5.74, 6) is -0.991. The first-order valence-corrected chi connectivity index (χ1v) is 8.11. The summed E-state index contributed by atoms with van der Waals surface area (Å²) in [4.78, 5) is 0. The van der Waals surface area contributed by atoms with Gasteiger partial charge in [0.15, 0.2) is 11.6 Å². The van der Waals surface area contributed by atoms with Crippen molar-refractivity contribution in [3.8, 4) is 0 Å². The first-order valence-electron chi connectivity index (χ1n) is 8.11. The van der Waals surface area contributed by atoms with Crippen LogP contribution in [0.5, 0.6) is 0 Å². The fraction of sp³-hybridized carbons (Fsp3) is 0.667. The predicted molar refractivity (Wildman–Crippen MR) is 78.1 cm³/mol. The molecular weight excluding hydrogens is 286 g/mol. The molecule has 3 aliphatic rings. The molecule has 1 heterocycles.